The molecule has 0 aliphatic rings. The summed E-state index contributed by atoms with van der Waals surface area (Å²) in [7, 11) is 1.34. The van der Waals surface area contributed by atoms with Crippen LogP contribution in [0, 0.1) is 0 Å². The van der Waals surface area contributed by atoms with Crippen LogP contribution in [0.1, 0.15) is 30.3 Å². The third-order valence-electron chi connectivity index (χ3n) is 3.50. The number of anilines is 1. The molecule has 5 nitrogen and oxygen atoms in total. The number of benzene rings is 1. The predicted octanol–water partition coefficient (Wildman–Crippen LogP) is 3.36. The van der Waals surface area contributed by atoms with Gasteiger partial charge in [0.2, 0.25) is 0 Å². The maximum atomic E-state index is 11.8. The lowest BCUT2D eigenvalue weighted by atomic mass is 10.1. The van der Waals surface area contributed by atoms with Crippen LogP contribution in [-0.4, -0.2) is 35.8 Å². The highest BCUT2D eigenvalue weighted by Gasteiger charge is 2.15. The maximum Gasteiger partial charge on any atom is 0.356 e. The molecule has 0 fully saturated rings. The topological polar surface area (TPSA) is 71.5 Å². The Balaban J connectivity index is 2.52. The Kier molecular flexibility index (Phi) is 5.74. The van der Waals surface area contributed by atoms with Crippen LogP contribution in [-0.2, 0) is 4.74 Å². The summed E-state index contributed by atoms with van der Waals surface area (Å²) in [5, 5.41) is 13.5. The predicted molar refractivity (Wildman–Crippen MR) is 90.2 cm³/mol. The molecule has 0 amide bonds. The van der Waals surface area contributed by atoms with Gasteiger partial charge in [0.15, 0.2) is 5.69 Å². The maximum absolute atomic E-state index is 11.8. The molecule has 0 saturated carbocycles. The molecule has 2 rings (SSSR count). The van der Waals surface area contributed by atoms with Gasteiger partial charge in [0.25, 0.3) is 0 Å². The van der Waals surface area contributed by atoms with Crippen molar-refractivity contribution in [1.82, 2.24) is 4.98 Å². The van der Waals surface area contributed by atoms with E-state index >= 15 is 0 Å². The Hall–Kier alpha value is -1.66. The fraction of sp³-hybridized carbons (Fsp3) is 0.375. The van der Waals surface area contributed by atoms with Crippen LogP contribution >= 0.6 is 15.9 Å². The van der Waals surface area contributed by atoms with Crippen LogP contribution in [0.4, 0.5) is 5.69 Å². The van der Waals surface area contributed by atoms with Gasteiger partial charge in [-0.2, -0.15) is 0 Å². The summed E-state index contributed by atoms with van der Waals surface area (Å²) in [5.74, 6) is -0.469. The summed E-state index contributed by atoms with van der Waals surface area (Å²) >= 11 is 3.45. The van der Waals surface area contributed by atoms with E-state index in [2.05, 4.69) is 26.2 Å². The summed E-state index contributed by atoms with van der Waals surface area (Å²) in [4.78, 5) is 16.1. The van der Waals surface area contributed by atoms with Crippen molar-refractivity contribution in [3.63, 3.8) is 0 Å². The number of ether oxygens (including phenoxy) is 1. The monoisotopic (exact) mass is 366 g/mol. The van der Waals surface area contributed by atoms with Crippen LogP contribution in [0.2, 0.25) is 0 Å². The van der Waals surface area contributed by atoms with Crippen molar-refractivity contribution in [1.29, 1.82) is 0 Å². The van der Waals surface area contributed by atoms with Gasteiger partial charge in [0, 0.05) is 28.2 Å². The SMILES string of the molecule is CCC(CCO)Nc1cc(C(=O)OC)nc2ccc(Br)cc12. The number of esters is 1. The Morgan fingerprint density at radius 2 is 2.23 bits per heavy atom. The number of aliphatic hydroxyl groups excluding tert-OH is 1. The minimum atomic E-state index is -0.469. The highest BCUT2D eigenvalue weighted by Crippen LogP contribution is 2.28. The van der Waals surface area contributed by atoms with Gasteiger partial charge in [-0.1, -0.05) is 22.9 Å². The van der Waals surface area contributed by atoms with Gasteiger partial charge in [-0.3, -0.25) is 0 Å². The number of aromatic nitrogens is 1. The van der Waals surface area contributed by atoms with E-state index in [1.165, 1.54) is 7.11 Å². The number of nitrogens with one attached hydrogen (secondary N) is 1. The molecular weight excluding hydrogens is 348 g/mol. The summed E-state index contributed by atoms with van der Waals surface area (Å²) in [6, 6.07) is 7.51. The number of rotatable bonds is 6. The number of aliphatic hydroxyl groups is 1. The first-order valence-corrected chi connectivity index (χ1v) is 7.94. The zero-order valence-electron chi connectivity index (χ0n) is 12.6. The first-order valence-electron chi connectivity index (χ1n) is 7.15. The van der Waals surface area contributed by atoms with E-state index in [4.69, 9.17) is 9.84 Å². The lowest BCUT2D eigenvalue weighted by molar-refractivity contribution is 0.0594. The van der Waals surface area contributed by atoms with Crippen LogP contribution < -0.4 is 5.32 Å². The third kappa shape index (κ3) is 3.75. The highest BCUT2D eigenvalue weighted by atomic mass is 79.9. The second-order valence-electron chi connectivity index (χ2n) is 4.97. The number of hydrogen-bond donors (Lipinski definition) is 2. The molecule has 1 aromatic carbocycles. The normalized spacial score (nSPS) is 12.2. The summed E-state index contributed by atoms with van der Waals surface area (Å²) in [6.45, 7) is 2.16. The standard InChI is InChI=1S/C16H19BrN2O3/c1-3-11(6-7-20)18-14-9-15(16(21)22-2)19-13-5-4-10(17)8-12(13)14/h4-5,8-9,11,20H,3,6-7H2,1-2H3,(H,18,19). The first kappa shape index (κ1) is 16.7. The molecule has 0 aliphatic heterocycles. The first-order chi connectivity index (χ1) is 10.6. The van der Waals surface area contributed by atoms with Crippen molar-refractivity contribution in [2.45, 2.75) is 25.8 Å². The molecule has 1 atom stereocenters. The largest absolute Gasteiger partial charge is 0.464 e. The average molecular weight is 367 g/mol. The summed E-state index contributed by atoms with van der Waals surface area (Å²) < 4.78 is 5.70. The van der Waals surface area contributed by atoms with Gasteiger partial charge in [-0.25, -0.2) is 9.78 Å². The Labute approximate surface area is 137 Å². The van der Waals surface area contributed by atoms with Crippen LogP contribution in [0.3, 0.4) is 0 Å². The average Bonchev–Trinajstić information content (AvgIpc) is 2.53. The van der Waals surface area contributed by atoms with Gasteiger partial charge >= 0.3 is 5.97 Å². The van der Waals surface area contributed by atoms with E-state index in [0.29, 0.717) is 11.9 Å². The highest BCUT2D eigenvalue weighted by molar-refractivity contribution is 9.10. The second-order valence-corrected chi connectivity index (χ2v) is 5.89. The van der Waals surface area contributed by atoms with Crippen molar-refractivity contribution >= 4 is 38.5 Å². The van der Waals surface area contributed by atoms with Crippen molar-refractivity contribution in [2.24, 2.45) is 0 Å². The van der Waals surface area contributed by atoms with E-state index < -0.39 is 5.97 Å². The van der Waals surface area contributed by atoms with Gasteiger partial charge in [0.05, 0.1) is 12.6 Å². The number of nitrogens with zero attached hydrogens (tertiary/aromatic N) is 1. The zero-order valence-corrected chi connectivity index (χ0v) is 14.2. The third-order valence-corrected chi connectivity index (χ3v) is 3.99. The minimum Gasteiger partial charge on any atom is -0.464 e. The van der Waals surface area contributed by atoms with Crippen LogP contribution in [0.5, 0.6) is 0 Å². The van der Waals surface area contributed by atoms with Crippen LogP contribution in [0.15, 0.2) is 28.7 Å². The summed E-state index contributed by atoms with van der Waals surface area (Å²) in [6.07, 6.45) is 1.51. The van der Waals surface area contributed by atoms with E-state index in [1.54, 1.807) is 6.07 Å². The van der Waals surface area contributed by atoms with Crippen molar-refractivity contribution in [3.8, 4) is 0 Å². The molecule has 6 heteroatoms. The second kappa shape index (κ2) is 7.56. The zero-order chi connectivity index (χ0) is 16.1. The van der Waals surface area contributed by atoms with Gasteiger partial charge in [0.1, 0.15) is 0 Å². The molecule has 0 bridgehead atoms. The molecule has 1 unspecified atom stereocenters. The number of pyridine rings is 1. The Morgan fingerprint density at radius 3 is 2.86 bits per heavy atom. The van der Waals surface area contributed by atoms with Gasteiger partial charge in [-0.05, 0) is 37.1 Å². The van der Waals surface area contributed by atoms with Crippen LogP contribution in [0.25, 0.3) is 10.9 Å². The molecule has 1 heterocycles. The lowest BCUT2D eigenvalue weighted by Crippen LogP contribution is -2.20. The quantitative estimate of drug-likeness (QED) is 0.767. The lowest BCUT2D eigenvalue weighted by Gasteiger charge is -2.19. The minimum absolute atomic E-state index is 0.113. The Morgan fingerprint density at radius 1 is 1.45 bits per heavy atom. The van der Waals surface area contributed by atoms with E-state index in [1.807, 2.05) is 25.1 Å². The number of hydrogen-bond acceptors (Lipinski definition) is 5. The molecule has 2 aromatic rings. The molecular formula is C16H19BrN2O3. The molecule has 22 heavy (non-hydrogen) atoms. The fourth-order valence-corrected chi connectivity index (χ4v) is 2.64. The van der Waals surface area contributed by atoms with Crippen molar-refractivity contribution < 1.29 is 14.6 Å². The summed E-state index contributed by atoms with van der Waals surface area (Å²) in [5.41, 5.74) is 1.79. The van der Waals surface area contributed by atoms with Crippen molar-refractivity contribution in [2.75, 3.05) is 19.0 Å². The molecule has 2 N–H and O–H groups in total. The Bertz CT molecular complexity index is 676. The molecule has 0 radical (unpaired) electrons. The van der Waals surface area contributed by atoms with E-state index in [0.717, 1.165) is 22.0 Å². The number of fused-ring (bicyclic) bond motifs is 1. The van der Waals surface area contributed by atoms with Crippen molar-refractivity contribution in [3.05, 3.63) is 34.4 Å². The van der Waals surface area contributed by atoms with E-state index in [-0.39, 0.29) is 18.3 Å². The van der Waals surface area contributed by atoms with Gasteiger partial charge in [-0.15, -0.1) is 0 Å². The number of carbonyl (C=O) groups excluding carboxylic acids is 1. The number of carbonyl (C=O) groups is 1. The number of methoxy groups -OCH3 is 1. The molecule has 0 saturated heterocycles. The number of halogens is 1. The smallest absolute Gasteiger partial charge is 0.356 e. The fourth-order valence-electron chi connectivity index (χ4n) is 2.28. The van der Waals surface area contributed by atoms with E-state index in [9.17, 15) is 4.79 Å². The molecule has 0 aliphatic carbocycles. The molecule has 0 spiro atoms. The molecule has 1 aromatic heterocycles. The van der Waals surface area contributed by atoms with Gasteiger partial charge < -0.3 is 15.2 Å². The molecule has 118 valence electrons.